The number of carbonyl (C=O) groups is 1. The highest BCUT2D eigenvalue weighted by atomic mass is 16.2. The van der Waals surface area contributed by atoms with Crippen LogP contribution in [0.25, 0.3) is 0 Å². The minimum absolute atomic E-state index is 0.241. The molecule has 1 saturated heterocycles. The van der Waals surface area contributed by atoms with Crippen LogP contribution in [0.1, 0.15) is 90.9 Å². The van der Waals surface area contributed by atoms with Gasteiger partial charge >= 0.3 is 0 Å². The lowest BCUT2D eigenvalue weighted by molar-refractivity contribution is -0.127. The zero-order valence-corrected chi connectivity index (χ0v) is 14.3. The summed E-state index contributed by atoms with van der Waals surface area (Å²) in [5.41, 5.74) is -0.255. The van der Waals surface area contributed by atoms with Crippen molar-refractivity contribution in [1.29, 1.82) is 0 Å². The molecular weight excluding hydrogens is 260 g/mol. The second-order valence-electron chi connectivity index (χ2n) is 6.59. The third-order valence-electron chi connectivity index (χ3n) is 4.67. The van der Waals surface area contributed by atoms with Crippen molar-refractivity contribution in [2.24, 2.45) is 0 Å². The molecule has 1 rings (SSSR count). The first-order valence-corrected chi connectivity index (χ1v) is 9.28. The lowest BCUT2D eigenvalue weighted by atomic mass is 9.91. The number of hydrogen-bond acceptors (Lipinski definition) is 2. The topological polar surface area (TPSA) is 41.1 Å². The summed E-state index contributed by atoms with van der Waals surface area (Å²) in [6.45, 7) is 6.26. The summed E-state index contributed by atoms with van der Waals surface area (Å²) >= 11 is 0. The first-order valence-electron chi connectivity index (χ1n) is 9.28. The van der Waals surface area contributed by atoms with Crippen LogP contribution in [-0.4, -0.2) is 24.5 Å². The van der Waals surface area contributed by atoms with Crippen LogP contribution < -0.4 is 10.6 Å². The van der Waals surface area contributed by atoms with E-state index in [1.165, 1.54) is 44.9 Å². The van der Waals surface area contributed by atoms with E-state index in [-0.39, 0.29) is 11.4 Å². The fraction of sp³-hybridized carbons (Fsp3) is 0.944. The number of hydrogen-bond donors (Lipinski definition) is 2. The molecule has 1 atom stereocenters. The van der Waals surface area contributed by atoms with Gasteiger partial charge in [-0.05, 0) is 32.2 Å². The van der Waals surface area contributed by atoms with Gasteiger partial charge in [0.1, 0.15) is 0 Å². The van der Waals surface area contributed by atoms with Crippen molar-refractivity contribution >= 4 is 5.91 Å². The monoisotopic (exact) mass is 296 g/mol. The van der Waals surface area contributed by atoms with Crippen LogP contribution >= 0.6 is 0 Å². The van der Waals surface area contributed by atoms with Crippen LogP contribution in [0.3, 0.4) is 0 Å². The summed E-state index contributed by atoms with van der Waals surface area (Å²) in [5, 5.41) is 6.60. The van der Waals surface area contributed by atoms with Gasteiger partial charge in [0.2, 0.25) is 5.91 Å². The van der Waals surface area contributed by atoms with Crippen LogP contribution in [0.4, 0.5) is 0 Å². The third kappa shape index (κ3) is 6.82. The lowest BCUT2D eigenvalue weighted by Gasteiger charge is -2.27. The Kier molecular flexibility index (Phi) is 9.73. The Labute approximate surface area is 131 Å². The molecule has 1 aliphatic rings. The molecule has 0 aromatic heterocycles. The van der Waals surface area contributed by atoms with Gasteiger partial charge in [-0.25, -0.2) is 0 Å². The van der Waals surface area contributed by atoms with E-state index in [2.05, 4.69) is 24.5 Å². The van der Waals surface area contributed by atoms with E-state index in [1.807, 2.05) is 0 Å². The number of nitrogens with one attached hydrogen (secondary N) is 2. The molecule has 0 aromatic rings. The largest absolute Gasteiger partial charge is 0.354 e. The van der Waals surface area contributed by atoms with Crippen molar-refractivity contribution in [1.82, 2.24) is 10.6 Å². The van der Waals surface area contributed by atoms with Crippen molar-refractivity contribution in [2.75, 3.05) is 13.1 Å². The minimum Gasteiger partial charge on any atom is -0.354 e. The summed E-state index contributed by atoms with van der Waals surface area (Å²) in [6.07, 6.45) is 14.7. The van der Waals surface area contributed by atoms with Crippen molar-refractivity contribution in [3.63, 3.8) is 0 Å². The maximum atomic E-state index is 12.4. The summed E-state index contributed by atoms with van der Waals surface area (Å²) in [4.78, 5) is 12.4. The lowest BCUT2D eigenvalue weighted by Crippen LogP contribution is -2.53. The molecule has 0 aromatic carbocycles. The normalized spacial score (nSPS) is 21.6. The summed E-state index contributed by atoms with van der Waals surface area (Å²) in [7, 11) is 0. The highest BCUT2D eigenvalue weighted by molar-refractivity contribution is 5.86. The molecule has 2 N–H and O–H groups in total. The summed E-state index contributed by atoms with van der Waals surface area (Å²) < 4.78 is 0. The van der Waals surface area contributed by atoms with Crippen molar-refractivity contribution < 1.29 is 4.79 Å². The Morgan fingerprint density at radius 1 is 1.00 bits per heavy atom. The van der Waals surface area contributed by atoms with Gasteiger partial charge in [0.05, 0.1) is 5.54 Å². The molecule has 0 saturated carbocycles. The van der Waals surface area contributed by atoms with E-state index in [1.54, 1.807) is 0 Å². The Morgan fingerprint density at radius 2 is 1.67 bits per heavy atom. The fourth-order valence-corrected chi connectivity index (χ4v) is 3.38. The molecule has 1 fully saturated rings. The Bertz CT molecular complexity index is 272. The van der Waals surface area contributed by atoms with Crippen molar-refractivity contribution in [3.05, 3.63) is 0 Å². The average molecular weight is 296 g/mol. The van der Waals surface area contributed by atoms with Crippen LogP contribution in [-0.2, 0) is 4.79 Å². The van der Waals surface area contributed by atoms with Crippen molar-refractivity contribution in [2.45, 2.75) is 96.4 Å². The number of carbonyl (C=O) groups excluding carboxylic acids is 1. The molecule has 1 aliphatic heterocycles. The minimum atomic E-state index is -0.255. The molecule has 0 radical (unpaired) electrons. The molecule has 1 unspecified atom stereocenters. The number of unbranched alkanes of at least 4 members (excludes halogenated alkanes) is 7. The Balaban J connectivity index is 2.05. The van der Waals surface area contributed by atoms with Gasteiger partial charge in [0.25, 0.3) is 0 Å². The van der Waals surface area contributed by atoms with E-state index in [0.29, 0.717) is 0 Å². The van der Waals surface area contributed by atoms with Gasteiger partial charge in [-0.15, -0.1) is 0 Å². The first kappa shape index (κ1) is 18.5. The molecule has 21 heavy (non-hydrogen) atoms. The maximum absolute atomic E-state index is 12.4. The van der Waals surface area contributed by atoms with E-state index in [0.717, 1.165) is 45.2 Å². The zero-order valence-electron chi connectivity index (χ0n) is 14.3. The zero-order chi connectivity index (χ0) is 15.4. The molecule has 3 nitrogen and oxygen atoms in total. The predicted molar refractivity (Wildman–Crippen MR) is 90.5 cm³/mol. The molecule has 0 bridgehead atoms. The molecule has 124 valence electrons. The third-order valence-corrected chi connectivity index (χ3v) is 4.67. The van der Waals surface area contributed by atoms with E-state index < -0.39 is 0 Å². The summed E-state index contributed by atoms with van der Waals surface area (Å²) in [6, 6.07) is 0. The van der Waals surface area contributed by atoms with Crippen molar-refractivity contribution in [3.8, 4) is 0 Å². The second-order valence-corrected chi connectivity index (χ2v) is 6.59. The van der Waals surface area contributed by atoms with Crippen LogP contribution in [0.5, 0.6) is 0 Å². The highest BCUT2D eigenvalue weighted by Crippen LogP contribution is 2.24. The van der Waals surface area contributed by atoms with Gasteiger partial charge in [0.15, 0.2) is 0 Å². The van der Waals surface area contributed by atoms with Crippen LogP contribution in [0.15, 0.2) is 0 Å². The molecule has 0 spiro atoms. The van der Waals surface area contributed by atoms with Crippen LogP contribution in [0.2, 0.25) is 0 Å². The maximum Gasteiger partial charge on any atom is 0.240 e. The quantitative estimate of drug-likeness (QED) is 0.531. The Morgan fingerprint density at radius 3 is 2.24 bits per heavy atom. The standard InChI is InChI=1S/C18H36N2O/c1-3-5-6-7-8-9-10-11-15-19-17(21)18(13-4-2)14-12-16-20-18/h20H,3-16H2,1-2H3,(H,19,21). The predicted octanol–water partition coefficient (Wildman–Crippen LogP) is 4.17. The molecule has 3 heteroatoms. The van der Waals surface area contributed by atoms with E-state index >= 15 is 0 Å². The smallest absolute Gasteiger partial charge is 0.240 e. The van der Waals surface area contributed by atoms with E-state index in [4.69, 9.17) is 0 Å². The first-order chi connectivity index (χ1) is 10.2. The molecule has 1 heterocycles. The molecule has 1 amide bonds. The SMILES string of the molecule is CCCCCCCCCCNC(=O)C1(CCC)CCCN1. The van der Waals surface area contributed by atoms with Crippen LogP contribution in [0, 0.1) is 0 Å². The summed E-state index contributed by atoms with van der Waals surface area (Å²) in [5.74, 6) is 0.241. The van der Waals surface area contributed by atoms with Gasteiger partial charge in [-0.1, -0.05) is 65.2 Å². The second kappa shape index (κ2) is 11.1. The average Bonchev–Trinajstić information content (AvgIpc) is 2.95. The number of amides is 1. The highest BCUT2D eigenvalue weighted by Gasteiger charge is 2.39. The van der Waals surface area contributed by atoms with Gasteiger partial charge in [-0.3, -0.25) is 4.79 Å². The van der Waals surface area contributed by atoms with Gasteiger partial charge in [-0.2, -0.15) is 0 Å². The van der Waals surface area contributed by atoms with Gasteiger partial charge < -0.3 is 10.6 Å². The number of rotatable bonds is 12. The Hall–Kier alpha value is -0.570. The molecule has 0 aliphatic carbocycles. The van der Waals surface area contributed by atoms with E-state index in [9.17, 15) is 4.79 Å². The van der Waals surface area contributed by atoms with Gasteiger partial charge in [0, 0.05) is 6.54 Å². The molecular formula is C18H36N2O. The fourth-order valence-electron chi connectivity index (χ4n) is 3.38.